The van der Waals surface area contributed by atoms with Crippen molar-refractivity contribution in [3.05, 3.63) is 41.5 Å². The van der Waals surface area contributed by atoms with Gasteiger partial charge in [-0.25, -0.2) is 4.79 Å². The summed E-state index contributed by atoms with van der Waals surface area (Å²) < 4.78 is 0. The first kappa shape index (κ1) is 15.4. The number of amides is 2. The molecule has 1 aliphatic heterocycles. The lowest BCUT2D eigenvalue weighted by atomic mass is 10.0. The fourth-order valence-corrected chi connectivity index (χ4v) is 3.08. The summed E-state index contributed by atoms with van der Waals surface area (Å²) in [5.41, 5.74) is 5.26. The molecule has 0 bridgehead atoms. The SMILES string of the molecule is C=CCNC(=O)N1CCN(c2c(C)cc(C)cc2C)CC1. The number of hydrogen-bond donors (Lipinski definition) is 1. The number of aryl methyl sites for hydroxylation is 3. The zero-order valence-corrected chi connectivity index (χ0v) is 13.3. The van der Waals surface area contributed by atoms with E-state index < -0.39 is 0 Å². The van der Waals surface area contributed by atoms with Crippen LogP contribution in [0.25, 0.3) is 0 Å². The number of anilines is 1. The van der Waals surface area contributed by atoms with Gasteiger partial charge in [0.05, 0.1) is 0 Å². The maximum absolute atomic E-state index is 11.9. The van der Waals surface area contributed by atoms with Gasteiger partial charge in [-0.2, -0.15) is 0 Å². The lowest BCUT2D eigenvalue weighted by Crippen LogP contribution is -2.52. The number of carbonyl (C=O) groups excluding carboxylic acids is 1. The van der Waals surface area contributed by atoms with Crippen LogP contribution in [-0.4, -0.2) is 43.7 Å². The summed E-state index contributed by atoms with van der Waals surface area (Å²) in [6.45, 7) is 13.9. The Morgan fingerprint density at radius 1 is 1.19 bits per heavy atom. The number of hydrogen-bond acceptors (Lipinski definition) is 2. The molecule has 1 heterocycles. The second-order valence-corrected chi connectivity index (χ2v) is 5.70. The third kappa shape index (κ3) is 3.57. The molecular formula is C17H25N3O. The van der Waals surface area contributed by atoms with Gasteiger partial charge in [0.2, 0.25) is 0 Å². The molecule has 1 fully saturated rings. The fourth-order valence-electron chi connectivity index (χ4n) is 3.08. The van der Waals surface area contributed by atoms with Gasteiger partial charge in [0.25, 0.3) is 0 Å². The van der Waals surface area contributed by atoms with Gasteiger partial charge in [0.15, 0.2) is 0 Å². The molecule has 1 aromatic rings. The van der Waals surface area contributed by atoms with Crippen LogP contribution in [0.4, 0.5) is 10.5 Å². The van der Waals surface area contributed by atoms with E-state index in [-0.39, 0.29) is 6.03 Å². The number of rotatable bonds is 3. The molecule has 1 aromatic carbocycles. The van der Waals surface area contributed by atoms with E-state index in [1.54, 1.807) is 6.08 Å². The van der Waals surface area contributed by atoms with E-state index in [4.69, 9.17) is 0 Å². The van der Waals surface area contributed by atoms with E-state index in [9.17, 15) is 4.79 Å². The average molecular weight is 287 g/mol. The van der Waals surface area contributed by atoms with Crippen LogP contribution >= 0.6 is 0 Å². The first-order chi connectivity index (χ1) is 10.0. The number of nitrogens with zero attached hydrogens (tertiary/aromatic N) is 2. The Bertz CT molecular complexity index is 508. The molecule has 4 nitrogen and oxygen atoms in total. The summed E-state index contributed by atoms with van der Waals surface area (Å²) in [5.74, 6) is 0. The Morgan fingerprint density at radius 3 is 2.29 bits per heavy atom. The van der Waals surface area contributed by atoms with Gasteiger partial charge in [0.1, 0.15) is 0 Å². The van der Waals surface area contributed by atoms with Crippen LogP contribution in [0.5, 0.6) is 0 Å². The molecule has 0 saturated carbocycles. The van der Waals surface area contributed by atoms with Crippen LogP contribution in [0.2, 0.25) is 0 Å². The Morgan fingerprint density at radius 2 is 1.76 bits per heavy atom. The van der Waals surface area contributed by atoms with Crippen LogP contribution in [0, 0.1) is 20.8 Å². The molecule has 0 unspecified atom stereocenters. The van der Waals surface area contributed by atoms with E-state index in [1.165, 1.54) is 22.4 Å². The number of piperazine rings is 1. The molecule has 2 rings (SSSR count). The van der Waals surface area contributed by atoms with Gasteiger partial charge >= 0.3 is 6.03 Å². The van der Waals surface area contributed by atoms with Gasteiger partial charge in [-0.05, 0) is 31.9 Å². The van der Waals surface area contributed by atoms with Crippen molar-refractivity contribution in [2.45, 2.75) is 20.8 Å². The molecule has 1 aliphatic rings. The molecule has 21 heavy (non-hydrogen) atoms. The first-order valence-corrected chi connectivity index (χ1v) is 7.49. The summed E-state index contributed by atoms with van der Waals surface area (Å²) >= 11 is 0. The second-order valence-electron chi connectivity index (χ2n) is 5.70. The largest absolute Gasteiger partial charge is 0.368 e. The van der Waals surface area contributed by atoms with Crippen molar-refractivity contribution in [2.24, 2.45) is 0 Å². The number of carbonyl (C=O) groups is 1. The zero-order valence-electron chi connectivity index (χ0n) is 13.3. The molecular weight excluding hydrogens is 262 g/mol. The monoisotopic (exact) mass is 287 g/mol. The highest BCUT2D eigenvalue weighted by Gasteiger charge is 2.22. The van der Waals surface area contributed by atoms with Crippen molar-refractivity contribution in [2.75, 3.05) is 37.6 Å². The Hall–Kier alpha value is -1.97. The highest BCUT2D eigenvalue weighted by atomic mass is 16.2. The van der Waals surface area contributed by atoms with Crippen molar-refractivity contribution in [3.63, 3.8) is 0 Å². The highest BCUT2D eigenvalue weighted by Crippen LogP contribution is 2.27. The minimum absolute atomic E-state index is 0.00639. The number of urea groups is 1. The second kappa shape index (κ2) is 6.66. The lowest BCUT2D eigenvalue weighted by molar-refractivity contribution is 0.195. The third-order valence-corrected chi connectivity index (χ3v) is 3.92. The topological polar surface area (TPSA) is 35.6 Å². The quantitative estimate of drug-likeness (QED) is 0.868. The lowest BCUT2D eigenvalue weighted by Gasteiger charge is -2.37. The van der Waals surface area contributed by atoms with Crippen molar-refractivity contribution in [3.8, 4) is 0 Å². The summed E-state index contributed by atoms with van der Waals surface area (Å²) in [7, 11) is 0. The molecule has 2 amide bonds. The normalized spacial score (nSPS) is 15.0. The first-order valence-electron chi connectivity index (χ1n) is 7.49. The molecule has 1 N–H and O–H groups in total. The summed E-state index contributed by atoms with van der Waals surface area (Å²) in [4.78, 5) is 16.2. The Balaban J connectivity index is 2.01. The van der Waals surface area contributed by atoms with Crippen LogP contribution in [0.1, 0.15) is 16.7 Å². The summed E-state index contributed by atoms with van der Waals surface area (Å²) in [6, 6.07) is 4.46. The summed E-state index contributed by atoms with van der Waals surface area (Å²) in [5, 5.41) is 2.84. The van der Waals surface area contributed by atoms with Crippen LogP contribution in [0.3, 0.4) is 0 Å². The predicted molar refractivity (Wildman–Crippen MR) is 88.0 cm³/mol. The standard InChI is InChI=1S/C17H25N3O/c1-5-6-18-17(21)20-9-7-19(8-10-20)16-14(3)11-13(2)12-15(16)4/h5,11-12H,1,6-10H2,2-4H3,(H,18,21). The van der Waals surface area contributed by atoms with Gasteiger partial charge in [-0.15, -0.1) is 6.58 Å². The maximum Gasteiger partial charge on any atom is 0.317 e. The molecule has 4 heteroatoms. The third-order valence-electron chi connectivity index (χ3n) is 3.92. The van der Waals surface area contributed by atoms with E-state index in [0.717, 1.165) is 26.2 Å². The molecule has 0 aliphatic carbocycles. The van der Waals surface area contributed by atoms with Crippen molar-refractivity contribution >= 4 is 11.7 Å². The molecule has 0 spiro atoms. The van der Waals surface area contributed by atoms with E-state index in [0.29, 0.717) is 6.54 Å². The number of nitrogens with one attached hydrogen (secondary N) is 1. The highest BCUT2D eigenvalue weighted by molar-refractivity contribution is 5.74. The minimum Gasteiger partial charge on any atom is -0.368 e. The molecule has 1 saturated heterocycles. The summed E-state index contributed by atoms with van der Waals surface area (Å²) in [6.07, 6.45) is 1.70. The Labute approximate surface area is 127 Å². The maximum atomic E-state index is 11.9. The zero-order chi connectivity index (χ0) is 15.4. The van der Waals surface area contributed by atoms with Crippen LogP contribution in [-0.2, 0) is 0 Å². The van der Waals surface area contributed by atoms with Gasteiger partial charge in [-0.3, -0.25) is 0 Å². The smallest absolute Gasteiger partial charge is 0.317 e. The fraction of sp³-hybridized carbons (Fsp3) is 0.471. The predicted octanol–water partition coefficient (Wildman–Crippen LogP) is 2.63. The van der Waals surface area contributed by atoms with Crippen LogP contribution in [0.15, 0.2) is 24.8 Å². The van der Waals surface area contributed by atoms with Crippen LogP contribution < -0.4 is 10.2 Å². The molecule has 114 valence electrons. The van der Waals surface area contributed by atoms with Crippen molar-refractivity contribution in [1.82, 2.24) is 10.2 Å². The van der Waals surface area contributed by atoms with E-state index in [2.05, 4.69) is 49.7 Å². The Kier molecular flexibility index (Phi) is 4.89. The average Bonchev–Trinajstić information content (AvgIpc) is 2.44. The van der Waals surface area contributed by atoms with Gasteiger partial charge in [0, 0.05) is 38.4 Å². The number of benzene rings is 1. The van der Waals surface area contributed by atoms with Gasteiger partial charge in [-0.1, -0.05) is 23.8 Å². The molecule has 0 aromatic heterocycles. The van der Waals surface area contributed by atoms with E-state index >= 15 is 0 Å². The molecule has 0 radical (unpaired) electrons. The van der Waals surface area contributed by atoms with E-state index in [1.807, 2.05) is 4.90 Å². The molecule has 0 atom stereocenters. The van der Waals surface area contributed by atoms with Crippen molar-refractivity contribution < 1.29 is 4.79 Å². The van der Waals surface area contributed by atoms with Gasteiger partial charge < -0.3 is 15.1 Å². The van der Waals surface area contributed by atoms with Crippen molar-refractivity contribution in [1.29, 1.82) is 0 Å². The minimum atomic E-state index is 0.00639.